The van der Waals surface area contributed by atoms with E-state index in [1.807, 2.05) is 66.9 Å². The molecule has 0 atom stereocenters. The molecule has 0 N–H and O–H groups in total. The molecule has 2 aromatic heterocycles. The van der Waals surface area contributed by atoms with Gasteiger partial charge in [-0.25, -0.2) is 0 Å². The number of halogens is 1. The standard InChI is InChI=1S/C20H14ClN3OS2/c1-26-16-9-4-14(5-10-16)12-17-19(25)24-20(27-17)22-18(23-24)11-6-13-2-7-15(21)8-3-13/h2-12H,1H3/b11-6+,17-12-. The Morgan fingerprint density at radius 1 is 1.04 bits per heavy atom. The van der Waals surface area contributed by atoms with Gasteiger partial charge in [0.15, 0.2) is 5.82 Å². The van der Waals surface area contributed by atoms with Crippen LogP contribution in [0.1, 0.15) is 17.0 Å². The molecule has 2 heterocycles. The Labute approximate surface area is 168 Å². The van der Waals surface area contributed by atoms with Gasteiger partial charge < -0.3 is 0 Å². The Morgan fingerprint density at radius 3 is 2.41 bits per heavy atom. The Bertz CT molecular complexity index is 1230. The Morgan fingerprint density at radius 2 is 1.74 bits per heavy atom. The van der Waals surface area contributed by atoms with Crippen LogP contribution in [-0.4, -0.2) is 20.9 Å². The maximum Gasteiger partial charge on any atom is 0.291 e. The topological polar surface area (TPSA) is 47.3 Å². The summed E-state index contributed by atoms with van der Waals surface area (Å²) in [7, 11) is 0. The lowest BCUT2D eigenvalue weighted by molar-refractivity contribution is 0.925. The predicted octanol–water partition coefficient (Wildman–Crippen LogP) is 4.24. The molecule has 0 bridgehead atoms. The minimum absolute atomic E-state index is 0.150. The van der Waals surface area contributed by atoms with Gasteiger partial charge in [-0.2, -0.15) is 9.50 Å². The summed E-state index contributed by atoms with van der Waals surface area (Å²) in [5.41, 5.74) is 1.82. The molecule has 0 aliphatic carbocycles. The zero-order valence-electron chi connectivity index (χ0n) is 14.3. The van der Waals surface area contributed by atoms with Crippen LogP contribution in [0, 0.1) is 0 Å². The van der Waals surface area contributed by atoms with Gasteiger partial charge in [0.05, 0.1) is 4.53 Å². The molecular formula is C20H14ClN3OS2. The number of benzene rings is 2. The van der Waals surface area contributed by atoms with Crippen molar-refractivity contribution >= 4 is 57.9 Å². The zero-order chi connectivity index (χ0) is 18.8. The third kappa shape index (κ3) is 3.98. The van der Waals surface area contributed by atoms with Gasteiger partial charge in [-0.05, 0) is 53.8 Å². The van der Waals surface area contributed by atoms with Crippen molar-refractivity contribution in [2.45, 2.75) is 4.90 Å². The molecule has 0 aliphatic heterocycles. The molecule has 4 rings (SSSR count). The molecule has 0 radical (unpaired) electrons. The lowest BCUT2D eigenvalue weighted by Gasteiger charge is -1.95. The summed E-state index contributed by atoms with van der Waals surface area (Å²) < 4.78 is 1.98. The van der Waals surface area contributed by atoms with Gasteiger partial charge in [0.25, 0.3) is 5.56 Å². The largest absolute Gasteiger partial charge is 0.291 e. The van der Waals surface area contributed by atoms with E-state index in [0.29, 0.717) is 20.3 Å². The maximum absolute atomic E-state index is 12.6. The van der Waals surface area contributed by atoms with Gasteiger partial charge in [-0.1, -0.05) is 53.3 Å². The van der Waals surface area contributed by atoms with Crippen molar-refractivity contribution in [2.75, 3.05) is 6.26 Å². The molecule has 0 saturated heterocycles. The summed E-state index contributed by atoms with van der Waals surface area (Å²) in [6.45, 7) is 0. The van der Waals surface area contributed by atoms with Crippen molar-refractivity contribution in [2.24, 2.45) is 0 Å². The van der Waals surface area contributed by atoms with Gasteiger partial charge in [0, 0.05) is 9.92 Å². The third-order valence-corrected chi connectivity index (χ3v) is 5.86. The first-order chi connectivity index (χ1) is 13.1. The highest BCUT2D eigenvalue weighted by Crippen LogP contribution is 2.15. The fraction of sp³-hybridized carbons (Fsp3) is 0.0500. The highest BCUT2D eigenvalue weighted by Gasteiger charge is 2.08. The molecule has 0 amide bonds. The van der Waals surface area contributed by atoms with Crippen LogP contribution in [0.2, 0.25) is 5.02 Å². The predicted molar refractivity (Wildman–Crippen MR) is 115 cm³/mol. The van der Waals surface area contributed by atoms with Crippen LogP contribution in [0.5, 0.6) is 0 Å². The minimum Gasteiger partial charge on any atom is -0.266 e. The Kier molecular flexibility index (Phi) is 5.11. The SMILES string of the molecule is CSc1ccc(/C=c2\sc3nc(/C=C/c4ccc(Cl)cc4)nn3c2=O)cc1. The molecule has 0 aliphatic rings. The molecule has 0 saturated carbocycles. The molecular weight excluding hydrogens is 398 g/mol. The van der Waals surface area contributed by atoms with Crippen LogP contribution in [0.25, 0.3) is 23.2 Å². The first-order valence-corrected chi connectivity index (χ1v) is 10.5. The van der Waals surface area contributed by atoms with Crippen LogP contribution < -0.4 is 10.1 Å². The Balaban J connectivity index is 1.64. The van der Waals surface area contributed by atoms with E-state index < -0.39 is 0 Å². The van der Waals surface area contributed by atoms with Crippen molar-refractivity contribution in [3.05, 3.63) is 85.4 Å². The first kappa shape index (κ1) is 18.0. The van der Waals surface area contributed by atoms with E-state index in [4.69, 9.17) is 11.6 Å². The van der Waals surface area contributed by atoms with Gasteiger partial charge in [-0.3, -0.25) is 4.79 Å². The molecule has 27 heavy (non-hydrogen) atoms. The van der Waals surface area contributed by atoms with E-state index >= 15 is 0 Å². The Hall–Kier alpha value is -2.41. The molecule has 0 fully saturated rings. The summed E-state index contributed by atoms with van der Waals surface area (Å²) in [4.78, 5) is 18.8. The van der Waals surface area contributed by atoms with Crippen molar-refractivity contribution in [3.63, 3.8) is 0 Å². The summed E-state index contributed by atoms with van der Waals surface area (Å²) in [5.74, 6) is 0.504. The number of hydrogen-bond donors (Lipinski definition) is 0. The average Bonchev–Trinajstić information content (AvgIpc) is 3.21. The highest BCUT2D eigenvalue weighted by molar-refractivity contribution is 7.98. The lowest BCUT2D eigenvalue weighted by atomic mass is 10.2. The number of thiazole rings is 1. The quantitative estimate of drug-likeness (QED) is 0.471. The molecule has 4 aromatic rings. The van der Waals surface area contributed by atoms with Gasteiger partial charge >= 0.3 is 0 Å². The first-order valence-electron chi connectivity index (χ1n) is 8.11. The average molecular weight is 412 g/mol. The van der Waals surface area contributed by atoms with Crippen molar-refractivity contribution < 1.29 is 0 Å². The third-order valence-electron chi connectivity index (χ3n) is 3.91. The van der Waals surface area contributed by atoms with Gasteiger partial charge in [0.2, 0.25) is 4.96 Å². The minimum atomic E-state index is -0.150. The molecule has 0 spiro atoms. The monoisotopic (exact) mass is 411 g/mol. The van der Waals surface area contributed by atoms with Crippen LogP contribution in [-0.2, 0) is 0 Å². The number of rotatable bonds is 4. The van der Waals surface area contributed by atoms with Crippen LogP contribution in [0.4, 0.5) is 0 Å². The van der Waals surface area contributed by atoms with E-state index in [2.05, 4.69) is 10.1 Å². The number of hydrogen-bond acceptors (Lipinski definition) is 5. The fourth-order valence-corrected chi connectivity index (χ4v) is 3.96. The molecule has 0 unspecified atom stereocenters. The zero-order valence-corrected chi connectivity index (χ0v) is 16.7. The second kappa shape index (κ2) is 7.68. The summed E-state index contributed by atoms with van der Waals surface area (Å²) in [6.07, 6.45) is 7.58. The van der Waals surface area contributed by atoms with E-state index in [1.54, 1.807) is 17.8 Å². The number of nitrogens with zero attached hydrogens (tertiary/aromatic N) is 3. The van der Waals surface area contributed by atoms with Crippen LogP contribution >= 0.6 is 34.7 Å². The van der Waals surface area contributed by atoms with Crippen molar-refractivity contribution in [3.8, 4) is 0 Å². The molecule has 2 aromatic carbocycles. The second-order valence-electron chi connectivity index (χ2n) is 5.74. The fourth-order valence-electron chi connectivity index (χ4n) is 2.52. The van der Waals surface area contributed by atoms with Crippen molar-refractivity contribution in [1.82, 2.24) is 14.6 Å². The number of thioether (sulfide) groups is 1. The van der Waals surface area contributed by atoms with E-state index in [-0.39, 0.29) is 5.56 Å². The highest BCUT2D eigenvalue weighted by atomic mass is 35.5. The second-order valence-corrected chi connectivity index (χ2v) is 8.06. The van der Waals surface area contributed by atoms with Crippen LogP contribution in [0.3, 0.4) is 0 Å². The smallest absolute Gasteiger partial charge is 0.266 e. The molecule has 4 nitrogen and oxygen atoms in total. The number of aromatic nitrogens is 3. The van der Waals surface area contributed by atoms with Crippen LogP contribution in [0.15, 0.2) is 58.2 Å². The van der Waals surface area contributed by atoms with Gasteiger partial charge in [0.1, 0.15) is 0 Å². The van der Waals surface area contributed by atoms with E-state index in [0.717, 1.165) is 11.1 Å². The molecule has 7 heteroatoms. The summed E-state index contributed by atoms with van der Waals surface area (Å²) >= 11 is 8.91. The molecule has 134 valence electrons. The van der Waals surface area contributed by atoms with E-state index in [9.17, 15) is 4.79 Å². The maximum atomic E-state index is 12.6. The summed E-state index contributed by atoms with van der Waals surface area (Å²) in [5, 5.41) is 4.99. The van der Waals surface area contributed by atoms with E-state index in [1.165, 1.54) is 20.7 Å². The summed E-state index contributed by atoms with van der Waals surface area (Å²) in [6, 6.07) is 15.5. The van der Waals surface area contributed by atoms with Gasteiger partial charge in [-0.15, -0.1) is 16.9 Å². The normalized spacial score (nSPS) is 12.4. The number of fused-ring (bicyclic) bond motifs is 1. The lowest BCUT2D eigenvalue weighted by Crippen LogP contribution is -2.23. The van der Waals surface area contributed by atoms with Crippen molar-refractivity contribution in [1.29, 1.82) is 0 Å².